The molecule has 11 heteroatoms. The van der Waals surface area contributed by atoms with Crippen LogP contribution in [0, 0.1) is 0 Å². The Kier molecular flexibility index (Phi) is 11.4. The minimum Gasteiger partial charge on any atom is -0.452 e. The molecule has 0 amide bonds. The number of hydrogen-bond acceptors (Lipinski definition) is 9. The van der Waals surface area contributed by atoms with Gasteiger partial charge in [0, 0.05) is 19.8 Å². The average molecular weight is 354 g/mol. The van der Waals surface area contributed by atoms with Crippen LogP contribution in [0.5, 0.6) is 0 Å². The first kappa shape index (κ1) is 20.7. The van der Waals surface area contributed by atoms with Crippen molar-refractivity contribution in [1.29, 1.82) is 0 Å². The lowest BCUT2D eigenvalue weighted by Crippen LogP contribution is -2.41. The van der Waals surface area contributed by atoms with Crippen LogP contribution in [0.25, 0.3) is 0 Å². The van der Waals surface area contributed by atoms with E-state index in [0.717, 1.165) is 0 Å². The summed E-state index contributed by atoms with van der Waals surface area (Å²) in [6.45, 7) is 3.74. The predicted molar refractivity (Wildman–Crippen MR) is 76.6 cm³/mol. The molecule has 1 fully saturated rings. The van der Waals surface area contributed by atoms with Gasteiger partial charge in [0.2, 0.25) is 0 Å². The second kappa shape index (κ2) is 12.1. The van der Waals surface area contributed by atoms with E-state index in [2.05, 4.69) is 0 Å². The lowest BCUT2D eigenvalue weighted by atomic mass is 10.1. The summed E-state index contributed by atoms with van der Waals surface area (Å²) in [5, 5.41) is 26.4. The highest BCUT2D eigenvalue weighted by molar-refractivity contribution is 6.37. The Morgan fingerprint density at radius 1 is 1.05 bits per heavy atom. The van der Waals surface area contributed by atoms with Crippen LogP contribution >= 0.6 is 0 Å². The quantitative estimate of drug-likeness (QED) is 0.349. The van der Waals surface area contributed by atoms with Gasteiger partial charge in [0.15, 0.2) is 0 Å². The van der Waals surface area contributed by atoms with Crippen molar-refractivity contribution in [3.05, 3.63) is 0 Å². The molecule has 1 aliphatic rings. The van der Waals surface area contributed by atoms with Gasteiger partial charge in [0.25, 0.3) is 0 Å². The van der Waals surface area contributed by atoms with E-state index in [4.69, 9.17) is 38.1 Å². The van der Waals surface area contributed by atoms with Gasteiger partial charge in [-0.3, -0.25) is 0 Å². The molecule has 0 aromatic heterocycles. The molecule has 3 N–H and O–H groups in total. The number of hydrogen-bond donors (Lipinski definition) is 3. The molecule has 0 radical (unpaired) electrons. The first-order valence-electron chi connectivity index (χ1n) is 7.26. The minimum atomic E-state index is -2.47. The first-order valence-corrected chi connectivity index (χ1v) is 10.1. The van der Waals surface area contributed by atoms with Crippen LogP contribution in [0.1, 0.15) is 13.8 Å². The third-order valence-electron chi connectivity index (χ3n) is 2.88. The highest BCUT2D eigenvalue weighted by Gasteiger charge is 2.48. The maximum absolute atomic E-state index is 8.81. The topological polar surface area (TPSA) is 116 Å². The van der Waals surface area contributed by atoms with Crippen molar-refractivity contribution in [2.24, 2.45) is 0 Å². The molecule has 22 heavy (non-hydrogen) atoms. The van der Waals surface area contributed by atoms with E-state index in [1.807, 2.05) is 13.8 Å². The molecule has 1 heterocycles. The maximum atomic E-state index is 8.81. The van der Waals surface area contributed by atoms with Gasteiger partial charge in [0.1, 0.15) is 0 Å². The monoisotopic (exact) mass is 354 g/mol. The molecule has 9 nitrogen and oxygen atoms in total. The lowest BCUT2D eigenvalue weighted by molar-refractivity contribution is -0.00878. The number of aliphatic hydroxyl groups is 3. The van der Waals surface area contributed by atoms with Crippen molar-refractivity contribution < 1.29 is 38.1 Å². The molecule has 1 saturated heterocycles. The Hall–Kier alpha value is 0.705. The van der Waals surface area contributed by atoms with E-state index in [9.17, 15) is 0 Å². The second-order valence-corrected chi connectivity index (χ2v) is 7.61. The Labute approximate surface area is 140 Å². The molecule has 1 aliphatic heterocycles. The van der Waals surface area contributed by atoms with Gasteiger partial charge in [-0.25, -0.2) is 0 Å². The van der Waals surface area contributed by atoms with Crippen LogP contribution in [-0.4, -0.2) is 104 Å². The zero-order valence-corrected chi connectivity index (χ0v) is 15.2. The fraction of sp³-hybridized carbons (Fsp3) is 1.00. The van der Waals surface area contributed by atoms with Crippen LogP contribution in [0.15, 0.2) is 0 Å². The maximum Gasteiger partial charge on any atom is 0.906 e. The van der Waals surface area contributed by atoms with E-state index >= 15 is 0 Å². The van der Waals surface area contributed by atoms with Gasteiger partial charge >= 0.3 is 30.3 Å². The molecule has 3 atom stereocenters. The molecule has 0 aromatic carbocycles. The SMILES string of the molecule is CC([O][Al]([O]CCO)[O]CCO)C1[O][Al]([O]CCO)[O]C1C. The van der Waals surface area contributed by atoms with E-state index < -0.39 is 30.3 Å². The normalized spacial score (nSPS) is 23.0. The molecular formula is C11H24Al2O9. The Balaban J connectivity index is 2.44. The van der Waals surface area contributed by atoms with Crippen molar-refractivity contribution in [3.8, 4) is 0 Å². The smallest absolute Gasteiger partial charge is 0.452 e. The fourth-order valence-electron chi connectivity index (χ4n) is 1.92. The van der Waals surface area contributed by atoms with Gasteiger partial charge in [-0.15, -0.1) is 0 Å². The molecule has 0 spiro atoms. The Bertz CT molecular complexity index is 278. The molecule has 1 rings (SSSR count). The third-order valence-corrected chi connectivity index (χ3v) is 6.24. The summed E-state index contributed by atoms with van der Waals surface area (Å²) in [6, 6.07) is 0. The van der Waals surface area contributed by atoms with Gasteiger partial charge in [-0.1, -0.05) is 0 Å². The van der Waals surface area contributed by atoms with E-state index in [0.29, 0.717) is 0 Å². The standard InChI is InChI=1S/C5H9O3.3C2H5O2.2Al/c1-3(6)5(8)4(2)7;3*3-1-2-4;;/h3-5H,1-2H3;3*3H,1-2H2;;/q-3;3*-1;2*+3. The van der Waals surface area contributed by atoms with Crippen LogP contribution in [0.2, 0.25) is 0 Å². The summed E-state index contributed by atoms with van der Waals surface area (Å²) in [5.41, 5.74) is 0. The number of rotatable bonds is 12. The van der Waals surface area contributed by atoms with Crippen LogP contribution in [0.3, 0.4) is 0 Å². The van der Waals surface area contributed by atoms with Gasteiger partial charge < -0.3 is 38.1 Å². The molecule has 0 saturated carbocycles. The summed E-state index contributed by atoms with van der Waals surface area (Å²) >= 11 is -4.72. The lowest BCUT2D eigenvalue weighted by Gasteiger charge is -2.26. The van der Waals surface area contributed by atoms with Crippen molar-refractivity contribution in [2.75, 3.05) is 39.6 Å². The summed E-state index contributed by atoms with van der Waals surface area (Å²) in [6.07, 6.45) is -0.865. The highest BCUT2D eigenvalue weighted by Crippen LogP contribution is 2.22. The van der Waals surface area contributed by atoms with E-state index in [1.54, 1.807) is 0 Å². The molecule has 3 unspecified atom stereocenters. The average Bonchev–Trinajstić information content (AvgIpc) is 2.88. The fourth-order valence-corrected chi connectivity index (χ4v) is 5.00. The van der Waals surface area contributed by atoms with E-state index in [1.165, 1.54) is 0 Å². The van der Waals surface area contributed by atoms with Crippen LogP contribution in [-0.2, 0) is 22.7 Å². The zero-order chi connectivity index (χ0) is 16.4. The van der Waals surface area contributed by atoms with Crippen molar-refractivity contribution in [2.45, 2.75) is 32.2 Å². The van der Waals surface area contributed by atoms with Gasteiger partial charge in [-0.2, -0.15) is 0 Å². The zero-order valence-electron chi connectivity index (χ0n) is 12.9. The molecule has 0 aromatic rings. The van der Waals surface area contributed by atoms with Crippen LogP contribution < -0.4 is 0 Å². The highest BCUT2D eigenvalue weighted by atomic mass is 27.3. The summed E-state index contributed by atoms with van der Waals surface area (Å²) in [7, 11) is 0. The third kappa shape index (κ3) is 7.52. The minimum absolute atomic E-state index is 0.0830. The Morgan fingerprint density at radius 2 is 1.64 bits per heavy atom. The summed E-state index contributed by atoms with van der Waals surface area (Å²) in [5.74, 6) is 0. The van der Waals surface area contributed by atoms with E-state index in [-0.39, 0.29) is 58.0 Å². The largest absolute Gasteiger partial charge is 0.906 e. The summed E-state index contributed by atoms with van der Waals surface area (Å²) in [4.78, 5) is 0. The molecule has 128 valence electrons. The summed E-state index contributed by atoms with van der Waals surface area (Å²) < 4.78 is 33.0. The molecule has 0 bridgehead atoms. The second-order valence-electron chi connectivity index (χ2n) is 4.64. The predicted octanol–water partition coefficient (Wildman–Crippen LogP) is -1.81. The first-order chi connectivity index (χ1) is 10.6. The number of aliphatic hydroxyl groups excluding tert-OH is 3. The molecular weight excluding hydrogens is 330 g/mol. The van der Waals surface area contributed by atoms with Gasteiger partial charge in [-0.05, 0) is 13.8 Å². The van der Waals surface area contributed by atoms with Crippen molar-refractivity contribution >= 4 is 30.3 Å². The Morgan fingerprint density at radius 3 is 2.18 bits per heavy atom. The van der Waals surface area contributed by atoms with Crippen molar-refractivity contribution in [3.63, 3.8) is 0 Å². The molecule has 0 aliphatic carbocycles. The van der Waals surface area contributed by atoms with Gasteiger partial charge in [0.05, 0.1) is 38.1 Å². The van der Waals surface area contributed by atoms with Crippen LogP contribution in [0.4, 0.5) is 0 Å². The van der Waals surface area contributed by atoms with Crippen molar-refractivity contribution in [1.82, 2.24) is 0 Å².